The van der Waals surface area contributed by atoms with E-state index in [0.717, 1.165) is 5.56 Å². The van der Waals surface area contributed by atoms with Gasteiger partial charge in [-0.1, -0.05) is 12.1 Å². The molecule has 0 aromatic heterocycles. The molecule has 122 valence electrons. The Kier molecular flexibility index (Phi) is 5.57. The van der Waals surface area contributed by atoms with Gasteiger partial charge in [-0.25, -0.2) is 4.39 Å². The minimum absolute atomic E-state index is 0.228. The summed E-state index contributed by atoms with van der Waals surface area (Å²) >= 11 is 0. The Hall–Kier alpha value is -2.56. The first-order valence-electron chi connectivity index (χ1n) is 7.39. The molecule has 0 unspecified atom stereocenters. The topological polar surface area (TPSA) is 47.6 Å². The number of amides is 1. The maximum absolute atomic E-state index is 13.2. The van der Waals surface area contributed by atoms with E-state index in [2.05, 4.69) is 5.32 Å². The quantitative estimate of drug-likeness (QED) is 0.887. The summed E-state index contributed by atoms with van der Waals surface area (Å²) in [6.45, 7) is 4.42. The lowest BCUT2D eigenvalue weighted by atomic mass is 10.1. The lowest BCUT2D eigenvalue weighted by molar-refractivity contribution is 0.0950. The number of aryl methyl sites for hydroxylation is 1. The molecular weight excluding hydrogens is 297 g/mol. The highest BCUT2D eigenvalue weighted by molar-refractivity contribution is 5.94. The van der Waals surface area contributed by atoms with E-state index in [1.165, 1.54) is 13.2 Å². The van der Waals surface area contributed by atoms with Crippen LogP contribution in [0.25, 0.3) is 0 Å². The highest BCUT2D eigenvalue weighted by Crippen LogP contribution is 2.28. The first-order chi connectivity index (χ1) is 11.0. The number of methoxy groups -OCH3 is 1. The van der Waals surface area contributed by atoms with Crippen LogP contribution in [0.15, 0.2) is 36.4 Å². The average molecular weight is 317 g/mol. The van der Waals surface area contributed by atoms with Gasteiger partial charge in [0.2, 0.25) is 0 Å². The number of nitrogens with one attached hydrogen (secondary N) is 1. The minimum Gasteiger partial charge on any atom is -0.493 e. The second-order valence-electron chi connectivity index (χ2n) is 5.06. The van der Waals surface area contributed by atoms with Crippen molar-refractivity contribution < 1.29 is 18.7 Å². The highest BCUT2D eigenvalue weighted by atomic mass is 19.1. The largest absolute Gasteiger partial charge is 0.493 e. The molecule has 2 aromatic rings. The molecule has 0 fully saturated rings. The first-order valence-corrected chi connectivity index (χ1v) is 7.39. The van der Waals surface area contributed by atoms with E-state index in [9.17, 15) is 9.18 Å². The van der Waals surface area contributed by atoms with Crippen LogP contribution in [-0.4, -0.2) is 19.6 Å². The Morgan fingerprint density at radius 3 is 2.61 bits per heavy atom. The molecule has 0 radical (unpaired) electrons. The van der Waals surface area contributed by atoms with Gasteiger partial charge in [0.25, 0.3) is 5.91 Å². The monoisotopic (exact) mass is 317 g/mol. The lowest BCUT2D eigenvalue weighted by Gasteiger charge is -2.11. The van der Waals surface area contributed by atoms with Crippen molar-refractivity contribution in [3.05, 3.63) is 58.9 Å². The summed E-state index contributed by atoms with van der Waals surface area (Å²) in [7, 11) is 1.53. The fraction of sp³-hybridized carbons (Fsp3) is 0.278. The fourth-order valence-corrected chi connectivity index (χ4v) is 2.18. The summed E-state index contributed by atoms with van der Waals surface area (Å²) < 4.78 is 23.9. The molecule has 0 saturated heterocycles. The van der Waals surface area contributed by atoms with Crippen LogP contribution in [0.4, 0.5) is 4.39 Å². The van der Waals surface area contributed by atoms with E-state index in [0.29, 0.717) is 35.8 Å². The fourth-order valence-electron chi connectivity index (χ4n) is 2.18. The Labute approximate surface area is 135 Å². The molecule has 5 heteroatoms. The highest BCUT2D eigenvalue weighted by Gasteiger charge is 2.11. The van der Waals surface area contributed by atoms with E-state index in [1.807, 2.05) is 6.92 Å². The van der Waals surface area contributed by atoms with Crippen molar-refractivity contribution in [1.82, 2.24) is 5.32 Å². The van der Waals surface area contributed by atoms with E-state index < -0.39 is 0 Å². The Morgan fingerprint density at radius 2 is 1.96 bits per heavy atom. The van der Waals surface area contributed by atoms with Crippen LogP contribution >= 0.6 is 0 Å². The third-order valence-corrected chi connectivity index (χ3v) is 3.40. The Morgan fingerprint density at radius 1 is 1.17 bits per heavy atom. The van der Waals surface area contributed by atoms with Crippen molar-refractivity contribution in [2.45, 2.75) is 20.4 Å². The summed E-state index contributed by atoms with van der Waals surface area (Å²) in [5.41, 5.74) is 1.87. The van der Waals surface area contributed by atoms with Crippen LogP contribution in [0.1, 0.15) is 28.4 Å². The van der Waals surface area contributed by atoms with Crippen LogP contribution in [0, 0.1) is 12.7 Å². The number of benzene rings is 2. The van der Waals surface area contributed by atoms with E-state index in [4.69, 9.17) is 9.47 Å². The van der Waals surface area contributed by atoms with Crippen molar-refractivity contribution in [2.75, 3.05) is 13.7 Å². The lowest BCUT2D eigenvalue weighted by Crippen LogP contribution is -2.22. The van der Waals surface area contributed by atoms with Gasteiger partial charge in [-0.15, -0.1) is 0 Å². The third kappa shape index (κ3) is 4.22. The van der Waals surface area contributed by atoms with Gasteiger partial charge < -0.3 is 14.8 Å². The standard InChI is InChI=1S/C18H20FNO3/c1-4-23-16-8-6-14(10-17(16)22-3)18(21)20-11-13-5-7-15(19)12(2)9-13/h5-10H,4,11H2,1-3H3,(H,20,21). The minimum atomic E-state index is -0.253. The van der Waals surface area contributed by atoms with Crippen LogP contribution in [0.2, 0.25) is 0 Å². The van der Waals surface area contributed by atoms with Gasteiger partial charge in [0.15, 0.2) is 11.5 Å². The molecule has 0 bridgehead atoms. The van der Waals surface area contributed by atoms with Crippen molar-refractivity contribution in [1.29, 1.82) is 0 Å². The van der Waals surface area contributed by atoms with E-state index in [1.54, 1.807) is 37.3 Å². The van der Waals surface area contributed by atoms with Gasteiger partial charge in [0.05, 0.1) is 13.7 Å². The van der Waals surface area contributed by atoms with Crippen LogP contribution < -0.4 is 14.8 Å². The SMILES string of the molecule is CCOc1ccc(C(=O)NCc2ccc(F)c(C)c2)cc1OC. The predicted octanol–water partition coefficient (Wildman–Crippen LogP) is 3.47. The van der Waals surface area contributed by atoms with Crippen LogP contribution in [0.5, 0.6) is 11.5 Å². The third-order valence-electron chi connectivity index (χ3n) is 3.40. The maximum atomic E-state index is 13.2. The van der Waals surface area contributed by atoms with Gasteiger partial charge in [-0.2, -0.15) is 0 Å². The normalized spacial score (nSPS) is 10.3. The van der Waals surface area contributed by atoms with Crippen LogP contribution in [-0.2, 0) is 6.54 Å². The molecule has 1 amide bonds. The average Bonchev–Trinajstić information content (AvgIpc) is 2.56. The molecule has 0 aliphatic rings. The van der Waals surface area contributed by atoms with E-state index in [-0.39, 0.29) is 11.7 Å². The number of ether oxygens (including phenoxy) is 2. The molecule has 0 aliphatic carbocycles. The molecule has 23 heavy (non-hydrogen) atoms. The molecule has 0 spiro atoms. The maximum Gasteiger partial charge on any atom is 0.251 e. The van der Waals surface area contributed by atoms with E-state index >= 15 is 0 Å². The number of carbonyl (C=O) groups is 1. The zero-order valence-electron chi connectivity index (χ0n) is 13.5. The van der Waals surface area contributed by atoms with Crippen molar-refractivity contribution in [2.24, 2.45) is 0 Å². The number of hydrogen-bond acceptors (Lipinski definition) is 3. The number of carbonyl (C=O) groups excluding carboxylic acids is 1. The first kappa shape index (κ1) is 16.8. The Bertz CT molecular complexity index is 701. The molecule has 1 N–H and O–H groups in total. The van der Waals surface area contributed by atoms with Gasteiger partial charge in [-0.05, 0) is 49.2 Å². The van der Waals surface area contributed by atoms with Gasteiger partial charge in [0, 0.05) is 12.1 Å². The second-order valence-corrected chi connectivity index (χ2v) is 5.06. The van der Waals surface area contributed by atoms with Crippen molar-refractivity contribution in [3.63, 3.8) is 0 Å². The number of hydrogen-bond donors (Lipinski definition) is 1. The molecule has 2 rings (SSSR count). The number of halogens is 1. The van der Waals surface area contributed by atoms with Crippen molar-refractivity contribution >= 4 is 5.91 Å². The van der Waals surface area contributed by atoms with Gasteiger partial charge >= 0.3 is 0 Å². The summed E-state index contributed by atoms with van der Waals surface area (Å²) in [6, 6.07) is 9.79. The Balaban J connectivity index is 2.06. The number of rotatable bonds is 6. The smallest absolute Gasteiger partial charge is 0.251 e. The second kappa shape index (κ2) is 7.63. The summed E-state index contributed by atoms with van der Waals surface area (Å²) in [6.07, 6.45) is 0. The summed E-state index contributed by atoms with van der Waals surface area (Å²) in [4.78, 5) is 12.2. The van der Waals surface area contributed by atoms with Gasteiger partial charge in [0.1, 0.15) is 5.82 Å². The molecular formula is C18H20FNO3. The predicted molar refractivity (Wildman–Crippen MR) is 86.5 cm³/mol. The van der Waals surface area contributed by atoms with Crippen LogP contribution in [0.3, 0.4) is 0 Å². The van der Waals surface area contributed by atoms with Crippen molar-refractivity contribution in [3.8, 4) is 11.5 Å². The zero-order valence-corrected chi connectivity index (χ0v) is 13.5. The summed E-state index contributed by atoms with van der Waals surface area (Å²) in [5.74, 6) is 0.627. The zero-order chi connectivity index (χ0) is 16.8. The molecule has 0 heterocycles. The summed E-state index contributed by atoms with van der Waals surface area (Å²) in [5, 5.41) is 2.81. The molecule has 0 atom stereocenters. The molecule has 0 saturated carbocycles. The molecule has 4 nitrogen and oxygen atoms in total. The molecule has 2 aromatic carbocycles. The van der Waals surface area contributed by atoms with Gasteiger partial charge in [-0.3, -0.25) is 4.79 Å². The molecule has 0 aliphatic heterocycles.